The Morgan fingerprint density at radius 3 is 2.41 bits per heavy atom. The first-order valence-corrected chi connectivity index (χ1v) is 8.08. The molecule has 0 aliphatic carbocycles. The SMILES string of the molecule is CC(C)Oc1cccc(-c2cccc3cnccc23)c1.O=C(O)C(F)(F)F. The molecule has 0 saturated carbocycles. The molecule has 0 spiro atoms. The molecular weight excluding hydrogens is 359 g/mol. The Bertz CT molecular complexity index is 918. The Kier molecular flexibility index (Phi) is 6.39. The number of carboxylic acid groups (broad SMARTS) is 1. The van der Waals surface area contributed by atoms with Crippen LogP contribution in [0.4, 0.5) is 13.2 Å². The summed E-state index contributed by atoms with van der Waals surface area (Å²) in [6, 6.07) is 16.6. The zero-order chi connectivity index (χ0) is 20.0. The average molecular weight is 377 g/mol. The second-order valence-electron chi connectivity index (χ2n) is 5.90. The molecule has 3 aromatic rings. The van der Waals surface area contributed by atoms with Crippen molar-refractivity contribution in [3.8, 4) is 16.9 Å². The normalized spacial score (nSPS) is 11.0. The lowest BCUT2D eigenvalue weighted by Gasteiger charge is -2.12. The number of hydrogen-bond donors (Lipinski definition) is 1. The molecule has 3 rings (SSSR count). The molecule has 1 N–H and O–H groups in total. The fourth-order valence-electron chi connectivity index (χ4n) is 2.38. The van der Waals surface area contributed by atoms with Crippen molar-refractivity contribution < 1.29 is 27.8 Å². The van der Waals surface area contributed by atoms with Gasteiger partial charge in [-0.2, -0.15) is 13.2 Å². The van der Waals surface area contributed by atoms with Crippen molar-refractivity contribution in [1.29, 1.82) is 0 Å². The minimum absolute atomic E-state index is 0.182. The minimum Gasteiger partial charge on any atom is -0.491 e. The van der Waals surface area contributed by atoms with Crippen molar-refractivity contribution >= 4 is 16.7 Å². The van der Waals surface area contributed by atoms with E-state index in [0.29, 0.717) is 0 Å². The van der Waals surface area contributed by atoms with Crippen molar-refractivity contribution in [2.75, 3.05) is 0 Å². The van der Waals surface area contributed by atoms with Crippen LogP contribution in [0.5, 0.6) is 5.75 Å². The minimum atomic E-state index is -5.08. The van der Waals surface area contributed by atoms with Crippen LogP contribution >= 0.6 is 0 Å². The number of nitrogens with zero attached hydrogens (tertiary/aromatic N) is 1. The summed E-state index contributed by atoms with van der Waals surface area (Å²) in [5.41, 5.74) is 2.37. The summed E-state index contributed by atoms with van der Waals surface area (Å²) in [5, 5.41) is 9.49. The second kappa shape index (κ2) is 8.53. The Morgan fingerprint density at radius 1 is 1.11 bits per heavy atom. The van der Waals surface area contributed by atoms with Gasteiger partial charge in [0.1, 0.15) is 5.75 Å². The molecule has 0 amide bonds. The number of fused-ring (bicyclic) bond motifs is 1. The molecule has 27 heavy (non-hydrogen) atoms. The second-order valence-corrected chi connectivity index (χ2v) is 5.90. The molecule has 4 nitrogen and oxygen atoms in total. The summed E-state index contributed by atoms with van der Waals surface area (Å²) in [6.07, 6.45) is -1.17. The number of pyridine rings is 1. The van der Waals surface area contributed by atoms with Crippen LogP contribution in [0.1, 0.15) is 13.8 Å². The molecular formula is C20H18F3NO3. The third kappa shape index (κ3) is 5.70. The first kappa shape index (κ1) is 20.2. The predicted molar refractivity (Wildman–Crippen MR) is 96.6 cm³/mol. The van der Waals surface area contributed by atoms with Gasteiger partial charge in [-0.25, -0.2) is 4.79 Å². The Balaban J connectivity index is 0.000000321. The topological polar surface area (TPSA) is 59.4 Å². The van der Waals surface area contributed by atoms with Crippen LogP contribution in [0, 0.1) is 0 Å². The number of halogens is 3. The van der Waals surface area contributed by atoms with Crippen molar-refractivity contribution in [2.45, 2.75) is 26.1 Å². The van der Waals surface area contributed by atoms with Gasteiger partial charge in [-0.3, -0.25) is 4.98 Å². The highest BCUT2D eigenvalue weighted by Crippen LogP contribution is 2.30. The number of hydrogen-bond acceptors (Lipinski definition) is 3. The summed E-state index contributed by atoms with van der Waals surface area (Å²) in [4.78, 5) is 13.1. The van der Waals surface area contributed by atoms with Gasteiger partial charge in [0, 0.05) is 17.8 Å². The number of carboxylic acids is 1. The van der Waals surface area contributed by atoms with E-state index in [4.69, 9.17) is 14.6 Å². The van der Waals surface area contributed by atoms with Crippen molar-refractivity contribution in [3.05, 3.63) is 60.9 Å². The molecule has 0 aliphatic rings. The van der Waals surface area contributed by atoms with Crippen LogP contribution in [0.25, 0.3) is 21.9 Å². The van der Waals surface area contributed by atoms with Crippen molar-refractivity contribution in [2.24, 2.45) is 0 Å². The molecule has 2 aromatic carbocycles. The van der Waals surface area contributed by atoms with Gasteiger partial charge in [0.05, 0.1) is 6.10 Å². The summed E-state index contributed by atoms with van der Waals surface area (Å²) in [6.45, 7) is 4.08. The average Bonchev–Trinajstić information content (AvgIpc) is 2.60. The number of aliphatic carboxylic acids is 1. The van der Waals surface area contributed by atoms with Gasteiger partial charge < -0.3 is 9.84 Å². The smallest absolute Gasteiger partial charge is 0.490 e. The maximum atomic E-state index is 10.6. The van der Waals surface area contributed by atoms with Crippen LogP contribution in [0.2, 0.25) is 0 Å². The molecule has 0 radical (unpaired) electrons. The van der Waals surface area contributed by atoms with Crippen LogP contribution in [0.15, 0.2) is 60.9 Å². The van der Waals surface area contributed by atoms with Crippen LogP contribution in [-0.4, -0.2) is 28.3 Å². The Hall–Kier alpha value is -3.09. The summed E-state index contributed by atoms with van der Waals surface area (Å²) < 4.78 is 37.5. The molecule has 0 aliphatic heterocycles. The van der Waals surface area contributed by atoms with E-state index >= 15 is 0 Å². The van der Waals surface area contributed by atoms with Gasteiger partial charge in [-0.1, -0.05) is 30.3 Å². The zero-order valence-corrected chi connectivity index (χ0v) is 14.7. The maximum absolute atomic E-state index is 10.6. The van der Waals surface area contributed by atoms with Gasteiger partial charge in [0.15, 0.2) is 0 Å². The van der Waals surface area contributed by atoms with Gasteiger partial charge in [0.2, 0.25) is 0 Å². The highest BCUT2D eigenvalue weighted by molar-refractivity contribution is 5.96. The summed E-state index contributed by atoms with van der Waals surface area (Å²) >= 11 is 0. The number of ether oxygens (including phenoxy) is 1. The molecule has 1 aromatic heterocycles. The van der Waals surface area contributed by atoms with E-state index in [1.54, 1.807) is 0 Å². The molecule has 1 heterocycles. The third-order valence-corrected chi connectivity index (χ3v) is 3.44. The molecule has 0 fully saturated rings. The van der Waals surface area contributed by atoms with E-state index in [9.17, 15) is 13.2 Å². The number of carbonyl (C=O) groups is 1. The summed E-state index contributed by atoms with van der Waals surface area (Å²) in [5.74, 6) is -1.85. The van der Waals surface area contributed by atoms with Crippen LogP contribution in [-0.2, 0) is 4.79 Å². The summed E-state index contributed by atoms with van der Waals surface area (Å²) in [7, 11) is 0. The van der Waals surface area contributed by atoms with E-state index in [2.05, 4.69) is 41.4 Å². The lowest BCUT2D eigenvalue weighted by molar-refractivity contribution is -0.192. The first-order chi connectivity index (χ1) is 12.7. The number of aromatic nitrogens is 1. The predicted octanol–water partition coefficient (Wildman–Crippen LogP) is 5.32. The Labute approximate surface area is 154 Å². The Morgan fingerprint density at radius 2 is 1.78 bits per heavy atom. The fourth-order valence-corrected chi connectivity index (χ4v) is 2.38. The van der Waals surface area contributed by atoms with E-state index in [0.717, 1.165) is 11.1 Å². The van der Waals surface area contributed by atoms with E-state index in [1.165, 1.54) is 16.5 Å². The van der Waals surface area contributed by atoms with Crippen molar-refractivity contribution in [1.82, 2.24) is 4.98 Å². The first-order valence-electron chi connectivity index (χ1n) is 8.08. The number of rotatable bonds is 3. The van der Waals surface area contributed by atoms with Crippen LogP contribution in [0.3, 0.4) is 0 Å². The van der Waals surface area contributed by atoms with E-state index in [1.807, 2.05) is 38.4 Å². The largest absolute Gasteiger partial charge is 0.491 e. The third-order valence-electron chi connectivity index (χ3n) is 3.44. The van der Waals surface area contributed by atoms with Gasteiger partial charge in [-0.15, -0.1) is 0 Å². The molecule has 7 heteroatoms. The van der Waals surface area contributed by atoms with Gasteiger partial charge >= 0.3 is 12.1 Å². The van der Waals surface area contributed by atoms with Gasteiger partial charge in [0.25, 0.3) is 0 Å². The molecule has 0 bridgehead atoms. The fraction of sp³-hybridized carbons (Fsp3) is 0.200. The molecule has 0 saturated heterocycles. The monoisotopic (exact) mass is 377 g/mol. The zero-order valence-electron chi connectivity index (χ0n) is 14.7. The van der Waals surface area contributed by atoms with Crippen LogP contribution < -0.4 is 4.74 Å². The standard InChI is InChI=1S/C18H17NO.C2HF3O2/c1-13(2)20-16-7-3-5-14(11-16)17-8-4-6-15-12-19-10-9-18(15)17;3-2(4,5)1(6)7/h3-13H,1-2H3;(H,6,7). The highest BCUT2D eigenvalue weighted by atomic mass is 19.4. The lowest BCUT2D eigenvalue weighted by atomic mass is 9.99. The molecule has 0 atom stereocenters. The molecule has 142 valence electrons. The highest BCUT2D eigenvalue weighted by Gasteiger charge is 2.38. The van der Waals surface area contributed by atoms with Gasteiger partial charge in [-0.05, 0) is 48.6 Å². The number of benzene rings is 2. The maximum Gasteiger partial charge on any atom is 0.490 e. The van der Waals surface area contributed by atoms with E-state index < -0.39 is 12.1 Å². The number of alkyl halides is 3. The molecule has 0 unspecified atom stereocenters. The van der Waals surface area contributed by atoms with E-state index in [-0.39, 0.29) is 6.10 Å². The lowest BCUT2D eigenvalue weighted by Crippen LogP contribution is -2.21. The quantitative estimate of drug-likeness (QED) is 0.671. The van der Waals surface area contributed by atoms with Crippen molar-refractivity contribution in [3.63, 3.8) is 0 Å².